The lowest BCUT2D eigenvalue weighted by Gasteiger charge is -2.20. The van der Waals surface area contributed by atoms with E-state index in [9.17, 15) is 32.7 Å². The van der Waals surface area contributed by atoms with Crippen molar-refractivity contribution in [2.45, 2.75) is 31.5 Å². The van der Waals surface area contributed by atoms with Crippen LogP contribution in [0.15, 0.2) is 66.9 Å². The van der Waals surface area contributed by atoms with Crippen LogP contribution in [0.5, 0.6) is 0 Å². The second-order valence-electron chi connectivity index (χ2n) is 8.43. The highest BCUT2D eigenvalue weighted by Gasteiger charge is 2.35. The summed E-state index contributed by atoms with van der Waals surface area (Å²) < 4.78 is 38.6. The van der Waals surface area contributed by atoms with Gasteiger partial charge in [-0.05, 0) is 48.2 Å². The number of benzene rings is 2. The summed E-state index contributed by atoms with van der Waals surface area (Å²) in [5.41, 5.74) is 1.56. The van der Waals surface area contributed by atoms with E-state index in [1.807, 2.05) is 0 Å². The van der Waals surface area contributed by atoms with Crippen molar-refractivity contribution in [2.75, 3.05) is 11.9 Å². The smallest absolute Gasteiger partial charge is 0.416 e. The highest BCUT2D eigenvalue weighted by molar-refractivity contribution is 5.95. The SMILES string of the molecule is O=C(Cc1cccc(C(F)(F)F)c1)Nc1ccc(-c2ccc(C(=O)N3CCC[C@H]3C(=O)O)nc2)cc1. The normalized spacial score (nSPS) is 15.5. The quantitative estimate of drug-likeness (QED) is 0.517. The summed E-state index contributed by atoms with van der Waals surface area (Å²) in [6, 6.07) is 13.8. The van der Waals surface area contributed by atoms with Gasteiger partial charge in [0.1, 0.15) is 11.7 Å². The number of rotatable bonds is 6. The van der Waals surface area contributed by atoms with Crippen LogP contribution in [-0.2, 0) is 22.2 Å². The van der Waals surface area contributed by atoms with E-state index in [1.54, 1.807) is 36.4 Å². The maximum Gasteiger partial charge on any atom is 0.416 e. The molecule has 1 atom stereocenters. The third-order valence-electron chi connectivity index (χ3n) is 5.90. The van der Waals surface area contributed by atoms with Crippen molar-refractivity contribution < 1.29 is 32.7 Å². The minimum absolute atomic E-state index is 0.158. The van der Waals surface area contributed by atoms with E-state index in [0.717, 1.165) is 17.7 Å². The van der Waals surface area contributed by atoms with E-state index in [1.165, 1.54) is 23.2 Å². The predicted octanol–water partition coefficient (Wildman–Crippen LogP) is 4.64. The Labute approximate surface area is 204 Å². The number of carbonyl (C=O) groups excluding carboxylic acids is 2. The molecule has 0 unspecified atom stereocenters. The molecule has 1 saturated heterocycles. The first kappa shape index (κ1) is 24.9. The molecule has 0 radical (unpaired) electrons. The zero-order valence-corrected chi connectivity index (χ0v) is 19.0. The highest BCUT2D eigenvalue weighted by atomic mass is 19.4. The highest BCUT2D eigenvalue weighted by Crippen LogP contribution is 2.30. The molecular weight excluding hydrogens is 475 g/mol. The molecule has 7 nitrogen and oxygen atoms in total. The number of nitrogens with zero attached hydrogens (tertiary/aromatic N) is 2. The van der Waals surface area contributed by atoms with Crippen molar-refractivity contribution in [1.29, 1.82) is 0 Å². The van der Waals surface area contributed by atoms with Crippen LogP contribution in [0.25, 0.3) is 11.1 Å². The van der Waals surface area contributed by atoms with Gasteiger partial charge in [-0.1, -0.05) is 36.4 Å². The molecule has 2 heterocycles. The standard InChI is InChI=1S/C26H22F3N3O4/c27-26(28,29)19-4-1-3-16(13-19)14-23(33)31-20-9-6-17(7-10-20)18-8-11-21(30-15-18)24(34)32-12-2-5-22(32)25(35)36/h1,3-4,6-11,13,15,22H,2,5,12,14H2,(H,31,33)(H,35,36)/t22-/m0/s1. The number of hydrogen-bond donors (Lipinski definition) is 2. The van der Waals surface area contributed by atoms with Crippen molar-refractivity contribution in [2.24, 2.45) is 0 Å². The molecule has 3 aromatic rings. The van der Waals surface area contributed by atoms with Crippen LogP contribution < -0.4 is 5.32 Å². The Morgan fingerprint density at radius 3 is 2.39 bits per heavy atom. The molecular formula is C26H22F3N3O4. The summed E-state index contributed by atoms with van der Waals surface area (Å²) in [6.45, 7) is 0.375. The van der Waals surface area contributed by atoms with E-state index in [0.29, 0.717) is 30.6 Å². The fraction of sp³-hybridized carbons (Fsp3) is 0.231. The lowest BCUT2D eigenvalue weighted by atomic mass is 10.1. The Morgan fingerprint density at radius 2 is 1.75 bits per heavy atom. The van der Waals surface area contributed by atoms with Crippen molar-refractivity contribution >= 4 is 23.5 Å². The lowest BCUT2D eigenvalue weighted by Crippen LogP contribution is -2.40. The van der Waals surface area contributed by atoms with Crippen LogP contribution >= 0.6 is 0 Å². The number of nitrogens with one attached hydrogen (secondary N) is 1. The van der Waals surface area contributed by atoms with Gasteiger partial charge in [-0.2, -0.15) is 13.2 Å². The molecule has 0 spiro atoms. The number of alkyl halides is 3. The average Bonchev–Trinajstić information content (AvgIpc) is 3.34. The number of pyridine rings is 1. The number of anilines is 1. The molecule has 1 aliphatic rings. The largest absolute Gasteiger partial charge is 0.480 e. The van der Waals surface area contributed by atoms with Crippen LogP contribution in [-0.4, -0.2) is 45.4 Å². The molecule has 2 amide bonds. The summed E-state index contributed by atoms with van der Waals surface area (Å²) >= 11 is 0. The van der Waals surface area contributed by atoms with Gasteiger partial charge in [-0.25, -0.2) is 4.79 Å². The number of amides is 2. The van der Waals surface area contributed by atoms with Crippen molar-refractivity contribution in [3.05, 3.63) is 83.7 Å². The van der Waals surface area contributed by atoms with Gasteiger partial charge in [0.25, 0.3) is 5.91 Å². The summed E-state index contributed by atoms with van der Waals surface area (Å²) in [6.07, 6.45) is -2.12. The molecule has 0 aliphatic carbocycles. The van der Waals surface area contributed by atoms with Gasteiger partial charge in [-0.15, -0.1) is 0 Å². The van der Waals surface area contributed by atoms with E-state index in [-0.39, 0.29) is 17.7 Å². The van der Waals surface area contributed by atoms with Gasteiger partial charge in [0.05, 0.1) is 12.0 Å². The van der Waals surface area contributed by atoms with Crippen LogP contribution in [0.4, 0.5) is 18.9 Å². The van der Waals surface area contributed by atoms with E-state index in [4.69, 9.17) is 0 Å². The van der Waals surface area contributed by atoms with Crippen LogP contribution in [0.1, 0.15) is 34.5 Å². The van der Waals surface area contributed by atoms with Gasteiger partial charge in [0.15, 0.2) is 0 Å². The Hall–Kier alpha value is -4.21. The third kappa shape index (κ3) is 5.70. The second kappa shape index (κ2) is 10.2. The summed E-state index contributed by atoms with van der Waals surface area (Å²) in [5.74, 6) is -1.90. The van der Waals surface area contributed by atoms with Gasteiger partial charge in [0, 0.05) is 24.0 Å². The van der Waals surface area contributed by atoms with Gasteiger partial charge < -0.3 is 15.3 Å². The Morgan fingerprint density at radius 1 is 1.03 bits per heavy atom. The van der Waals surface area contributed by atoms with Crippen molar-refractivity contribution in [1.82, 2.24) is 9.88 Å². The molecule has 2 N–H and O–H groups in total. The molecule has 1 fully saturated rings. The first-order valence-corrected chi connectivity index (χ1v) is 11.2. The Bertz CT molecular complexity index is 1270. The number of aliphatic carboxylic acids is 1. The maximum absolute atomic E-state index is 12.9. The number of halogens is 3. The fourth-order valence-corrected chi connectivity index (χ4v) is 4.10. The molecule has 2 aromatic carbocycles. The molecule has 4 rings (SSSR count). The number of carbonyl (C=O) groups is 3. The number of carboxylic acid groups (broad SMARTS) is 1. The average molecular weight is 497 g/mol. The lowest BCUT2D eigenvalue weighted by molar-refractivity contribution is -0.141. The molecule has 0 saturated carbocycles. The van der Waals surface area contributed by atoms with E-state index >= 15 is 0 Å². The van der Waals surface area contributed by atoms with E-state index < -0.39 is 35.6 Å². The van der Waals surface area contributed by atoms with Crippen LogP contribution in [0.3, 0.4) is 0 Å². The number of likely N-dealkylation sites (tertiary alicyclic amines) is 1. The molecule has 0 bridgehead atoms. The number of hydrogen-bond acceptors (Lipinski definition) is 4. The molecule has 1 aromatic heterocycles. The molecule has 36 heavy (non-hydrogen) atoms. The third-order valence-corrected chi connectivity index (χ3v) is 5.90. The number of aromatic nitrogens is 1. The monoisotopic (exact) mass is 497 g/mol. The zero-order chi connectivity index (χ0) is 25.9. The van der Waals surface area contributed by atoms with Crippen molar-refractivity contribution in [3.8, 4) is 11.1 Å². The van der Waals surface area contributed by atoms with Gasteiger partial charge >= 0.3 is 12.1 Å². The van der Waals surface area contributed by atoms with Crippen LogP contribution in [0, 0.1) is 0 Å². The minimum atomic E-state index is -4.47. The Balaban J connectivity index is 1.38. The molecule has 1 aliphatic heterocycles. The molecule has 186 valence electrons. The first-order valence-electron chi connectivity index (χ1n) is 11.2. The van der Waals surface area contributed by atoms with Gasteiger partial charge in [-0.3, -0.25) is 14.6 Å². The first-order chi connectivity index (χ1) is 17.1. The molecule has 10 heteroatoms. The van der Waals surface area contributed by atoms with Crippen molar-refractivity contribution in [3.63, 3.8) is 0 Å². The van der Waals surface area contributed by atoms with Crippen LogP contribution in [0.2, 0.25) is 0 Å². The summed E-state index contributed by atoms with van der Waals surface area (Å²) in [4.78, 5) is 41.8. The number of carboxylic acids is 1. The minimum Gasteiger partial charge on any atom is -0.480 e. The maximum atomic E-state index is 12.9. The fourth-order valence-electron chi connectivity index (χ4n) is 4.10. The summed E-state index contributed by atoms with van der Waals surface area (Å²) in [7, 11) is 0. The zero-order valence-electron chi connectivity index (χ0n) is 19.0. The second-order valence-corrected chi connectivity index (χ2v) is 8.43. The summed E-state index contributed by atoms with van der Waals surface area (Å²) in [5, 5.41) is 11.9. The topological polar surface area (TPSA) is 99.6 Å². The predicted molar refractivity (Wildman–Crippen MR) is 125 cm³/mol. The Kier molecular flexibility index (Phi) is 7.05. The van der Waals surface area contributed by atoms with E-state index in [2.05, 4.69) is 10.3 Å². The van der Waals surface area contributed by atoms with Gasteiger partial charge in [0.2, 0.25) is 5.91 Å².